The molecule has 0 aliphatic heterocycles. The molecule has 0 aliphatic rings. The van der Waals surface area contributed by atoms with E-state index in [2.05, 4.69) is 147 Å². The third-order valence-corrected chi connectivity index (χ3v) is 9.91. The molecule has 0 fully saturated rings. The second-order valence-electron chi connectivity index (χ2n) is 17.0. The summed E-state index contributed by atoms with van der Waals surface area (Å²) in [6, 6.07) is 39.1. The van der Waals surface area contributed by atoms with Crippen LogP contribution in [0.2, 0.25) is 5.02 Å². The van der Waals surface area contributed by atoms with E-state index in [1.54, 1.807) is 0 Å². The van der Waals surface area contributed by atoms with Crippen molar-refractivity contribution in [3.05, 3.63) is 201 Å². The van der Waals surface area contributed by atoms with Crippen molar-refractivity contribution in [2.24, 2.45) is 0 Å². The summed E-state index contributed by atoms with van der Waals surface area (Å²) in [6.45, 7) is 29.5. The molecule has 2 nitrogen and oxygen atoms in total. The van der Waals surface area contributed by atoms with E-state index < -0.39 is 11.7 Å². The molecule has 0 saturated carbocycles. The largest absolute Gasteiger partial charge is 0.416 e. The van der Waals surface area contributed by atoms with Gasteiger partial charge in [0.05, 0.1) is 5.56 Å². The van der Waals surface area contributed by atoms with Gasteiger partial charge in [-0.1, -0.05) is 191 Å². The van der Waals surface area contributed by atoms with Gasteiger partial charge in [-0.3, -0.25) is 0 Å². The number of nitrogens with zero attached hydrogens (tertiary/aromatic N) is 2. The van der Waals surface area contributed by atoms with E-state index in [1.165, 1.54) is 57.6 Å². The van der Waals surface area contributed by atoms with Crippen molar-refractivity contribution in [3.63, 3.8) is 0 Å². The molecular weight excluding hydrogens is 800 g/mol. The van der Waals surface area contributed by atoms with Crippen LogP contribution in [0.4, 0.5) is 17.6 Å². The molecule has 6 rings (SSSR count). The van der Waals surface area contributed by atoms with Gasteiger partial charge < -0.3 is 0 Å². The number of aryl methyl sites for hydroxylation is 2. The molecule has 6 aromatic rings. The van der Waals surface area contributed by atoms with Gasteiger partial charge in [-0.05, 0) is 119 Å². The lowest BCUT2D eigenvalue weighted by Gasteiger charge is -2.09. The maximum Gasteiger partial charge on any atom is 0.416 e. The Morgan fingerprint density at radius 3 is 1.03 bits per heavy atom. The Balaban J connectivity index is 0.000000373. The van der Waals surface area contributed by atoms with Crippen LogP contribution in [0.15, 0.2) is 140 Å². The molecule has 7 heteroatoms. The van der Waals surface area contributed by atoms with Crippen LogP contribution in [-0.2, 0) is 6.18 Å². The SMILES string of the molecule is CC(C)c1ccc(C(F)(F)F)cc1.CC(C)c1ccc(Cl)cc1.CC(C)c1ccc(F)cc1.CC(C)c1ccccc1.Cc1ccc(C(C)C)cc1.Cc1ncc(C(C)C)cn1. The second-order valence-corrected chi connectivity index (χ2v) is 17.5. The minimum Gasteiger partial charge on any atom is -0.241 e. The fourth-order valence-corrected chi connectivity index (χ4v) is 5.37. The van der Waals surface area contributed by atoms with E-state index in [0.717, 1.165) is 28.5 Å². The van der Waals surface area contributed by atoms with Crippen LogP contribution in [0.1, 0.15) is 169 Å². The maximum atomic E-state index is 12.4. The molecule has 0 amide bonds. The molecule has 5 aromatic carbocycles. The van der Waals surface area contributed by atoms with Crippen LogP contribution in [0.3, 0.4) is 0 Å². The fourth-order valence-electron chi connectivity index (χ4n) is 5.24. The highest BCUT2D eigenvalue weighted by atomic mass is 35.5. The summed E-state index contributed by atoms with van der Waals surface area (Å²) in [5.74, 6) is 3.86. The van der Waals surface area contributed by atoms with E-state index in [-0.39, 0.29) is 11.7 Å². The summed E-state index contributed by atoms with van der Waals surface area (Å²) in [7, 11) is 0. The predicted molar refractivity (Wildman–Crippen MR) is 258 cm³/mol. The standard InChI is InChI=1S/C10H11F3.C10H14.C9H11Cl.C9H11F.C9H12.C8H12N2/c1-7(2)8-3-5-9(6-4-8)10(11,12)13;1-8(2)10-6-4-9(3)5-7-10;2*1-7(2)8-3-5-9(10)6-4-8;1-8(2)9-6-4-3-5-7-9;1-6(2)8-4-9-7(3)10-5-8/h3-7H,1-2H3;4-8H,1-3H3;2*3-7H,1-2H3;3-8H,1-2H3;4-6H,1-3H3. The average molecular weight is 872 g/mol. The highest BCUT2D eigenvalue weighted by Gasteiger charge is 2.30. The number of rotatable bonds is 6. The first-order chi connectivity index (χ1) is 29.0. The fraction of sp³-hybridized carbons (Fsp3) is 0.382. The van der Waals surface area contributed by atoms with Gasteiger partial charge in [-0.2, -0.15) is 13.2 Å². The Labute approximate surface area is 377 Å². The number of benzene rings is 5. The van der Waals surface area contributed by atoms with Gasteiger partial charge in [0.25, 0.3) is 0 Å². The molecule has 0 unspecified atom stereocenters. The van der Waals surface area contributed by atoms with Gasteiger partial charge in [-0.15, -0.1) is 0 Å². The first-order valence-corrected chi connectivity index (χ1v) is 22.0. The van der Waals surface area contributed by atoms with Crippen LogP contribution in [0.25, 0.3) is 0 Å². The van der Waals surface area contributed by atoms with Crippen LogP contribution < -0.4 is 0 Å². The number of hydrogen-bond acceptors (Lipinski definition) is 2. The van der Waals surface area contributed by atoms with Crippen LogP contribution in [0, 0.1) is 19.7 Å². The normalized spacial score (nSPS) is 10.7. The monoisotopic (exact) mass is 871 g/mol. The van der Waals surface area contributed by atoms with Gasteiger partial charge >= 0.3 is 6.18 Å². The molecule has 0 N–H and O–H groups in total. The van der Waals surface area contributed by atoms with Gasteiger partial charge in [0.2, 0.25) is 0 Å². The first-order valence-electron chi connectivity index (χ1n) is 21.6. The summed E-state index contributed by atoms with van der Waals surface area (Å²) in [5.41, 5.74) is 8.23. The van der Waals surface area contributed by atoms with Gasteiger partial charge in [0, 0.05) is 17.4 Å². The zero-order valence-electron chi connectivity index (χ0n) is 39.5. The Morgan fingerprint density at radius 2 is 0.710 bits per heavy atom. The summed E-state index contributed by atoms with van der Waals surface area (Å²) < 4.78 is 48.7. The molecule has 0 bridgehead atoms. The zero-order chi connectivity index (χ0) is 47.0. The molecule has 0 spiro atoms. The maximum absolute atomic E-state index is 12.4. The lowest BCUT2D eigenvalue weighted by Crippen LogP contribution is -2.04. The molecule has 0 radical (unpaired) electrons. The molecule has 0 atom stereocenters. The van der Waals surface area contributed by atoms with E-state index in [4.69, 9.17) is 11.6 Å². The van der Waals surface area contributed by atoms with Crippen molar-refractivity contribution in [2.45, 2.75) is 139 Å². The molecule has 0 saturated heterocycles. The van der Waals surface area contributed by atoms with Crippen LogP contribution >= 0.6 is 11.6 Å². The lowest BCUT2D eigenvalue weighted by molar-refractivity contribution is -0.137. The molecular formula is C55H71ClF4N2. The third kappa shape index (κ3) is 23.4. The molecule has 1 heterocycles. The van der Waals surface area contributed by atoms with Gasteiger partial charge in [0.1, 0.15) is 11.6 Å². The molecule has 62 heavy (non-hydrogen) atoms. The lowest BCUT2D eigenvalue weighted by atomic mass is 10.0. The number of aromatic nitrogens is 2. The van der Waals surface area contributed by atoms with Crippen molar-refractivity contribution < 1.29 is 17.6 Å². The number of alkyl halides is 3. The Morgan fingerprint density at radius 1 is 0.403 bits per heavy atom. The third-order valence-electron chi connectivity index (χ3n) is 9.66. The highest BCUT2D eigenvalue weighted by molar-refractivity contribution is 6.30. The Bertz CT molecular complexity index is 1820. The van der Waals surface area contributed by atoms with Gasteiger partial charge in [0.15, 0.2) is 0 Å². The Kier molecular flexibility index (Phi) is 25.6. The van der Waals surface area contributed by atoms with Crippen LogP contribution in [-0.4, -0.2) is 9.97 Å². The second kappa shape index (κ2) is 28.7. The van der Waals surface area contributed by atoms with Crippen molar-refractivity contribution in [1.29, 1.82) is 0 Å². The Hall–Kier alpha value is -4.81. The van der Waals surface area contributed by atoms with Crippen molar-refractivity contribution in [2.75, 3.05) is 0 Å². The minimum absolute atomic E-state index is 0.163. The van der Waals surface area contributed by atoms with Crippen molar-refractivity contribution in [1.82, 2.24) is 9.97 Å². The number of hydrogen-bond donors (Lipinski definition) is 0. The van der Waals surface area contributed by atoms with Crippen molar-refractivity contribution >= 4 is 11.6 Å². The topological polar surface area (TPSA) is 25.8 Å². The summed E-state index contributed by atoms with van der Waals surface area (Å²) in [6.07, 6.45) is -0.463. The zero-order valence-corrected chi connectivity index (χ0v) is 40.3. The highest BCUT2D eigenvalue weighted by Crippen LogP contribution is 2.30. The van der Waals surface area contributed by atoms with Gasteiger partial charge in [-0.25, -0.2) is 14.4 Å². The quantitative estimate of drug-likeness (QED) is 0.156. The van der Waals surface area contributed by atoms with Crippen molar-refractivity contribution in [3.8, 4) is 0 Å². The van der Waals surface area contributed by atoms with E-state index >= 15 is 0 Å². The molecule has 1 aromatic heterocycles. The molecule has 336 valence electrons. The average Bonchev–Trinajstić information content (AvgIpc) is 3.23. The van der Waals surface area contributed by atoms with E-state index in [0.29, 0.717) is 29.6 Å². The minimum atomic E-state index is -4.23. The number of halogens is 5. The predicted octanol–water partition coefficient (Wildman–Crippen LogP) is 18.1. The van der Waals surface area contributed by atoms with E-state index in [9.17, 15) is 17.6 Å². The summed E-state index contributed by atoms with van der Waals surface area (Å²) in [5, 5.41) is 0.810. The van der Waals surface area contributed by atoms with Crippen LogP contribution in [0.5, 0.6) is 0 Å². The summed E-state index contributed by atoms with van der Waals surface area (Å²) in [4.78, 5) is 8.18. The summed E-state index contributed by atoms with van der Waals surface area (Å²) >= 11 is 5.72. The smallest absolute Gasteiger partial charge is 0.241 e. The van der Waals surface area contributed by atoms with E-state index in [1.807, 2.05) is 63.5 Å². The molecule has 0 aliphatic carbocycles. The first kappa shape index (κ1) is 55.2.